The fraction of sp³-hybridized carbons (Fsp3) is 0.450. The van der Waals surface area contributed by atoms with Gasteiger partial charge in [-0.1, -0.05) is 13.8 Å². The molecule has 0 saturated carbocycles. The minimum Gasteiger partial charge on any atom is -0.356 e. The first-order chi connectivity index (χ1) is 12.5. The number of aromatic nitrogens is 2. The van der Waals surface area contributed by atoms with Crippen molar-refractivity contribution in [3.05, 3.63) is 36.2 Å². The van der Waals surface area contributed by atoms with Crippen LogP contribution in [0.4, 0.5) is 23.0 Å². The highest BCUT2D eigenvalue weighted by atomic mass is 16.1. The number of hydrogen-bond donors (Lipinski definition) is 2. The van der Waals surface area contributed by atoms with Crippen molar-refractivity contribution in [3.8, 4) is 0 Å². The van der Waals surface area contributed by atoms with Crippen molar-refractivity contribution < 1.29 is 4.79 Å². The Morgan fingerprint density at radius 1 is 1.12 bits per heavy atom. The lowest BCUT2D eigenvalue weighted by molar-refractivity contribution is -0.116. The lowest BCUT2D eigenvalue weighted by Gasteiger charge is -2.18. The zero-order valence-corrected chi connectivity index (χ0v) is 15.7. The molecule has 1 amide bonds. The van der Waals surface area contributed by atoms with E-state index >= 15 is 0 Å². The molecule has 0 spiro atoms. The summed E-state index contributed by atoms with van der Waals surface area (Å²) in [7, 11) is 0. The van der Waals surface area contributed by atoms with Gasteiger partial charge < -0.3 is 15.5 Å². The van der Waals surface area contributed by atoms with Crippen LogP contribution >= 0.6 is 0 Å². The molecule has 6 heteroatoms. The summed E-state index contributed by atoms with van der Waals surface area (Å²) in [6.07, 6.45) is 2.96. The Kier molecular flexibility index (Phi) is 5.71. The molecule has 0 atom stereocenters. The Morgan fingerprint density at radius 2 is 1.77 bits per heavy atom. The average Bonchev–Trinajstić information content (AvgIpc) is 3.10. The number of hydrogen-bond acceptors (Lipinski definition) is 5. The van der Waals surface area contributed by atoms with E-state index in [4.69, 9.17) is 0 Å². The Bertz CT molecular complexity index is 751. The van der Waals surface area contributed by atoms with Crippen molar-refractivity contribution in [3.63, 3.8) is 0 Å². The van der Waals surface area contributed by atoms with Gasteiger partial charge in [-0.15, -0.1) is 0 Å². The molecule has 1 aromatic heterocycles. The van der Waals surface area contributed by atoms with Gasteiger partial charge in [-0.25, -0.2) is 9.97 Å². The quantitative estimate of drug-likeness (QED) is 0.818. The highest BCUT2D eigenvalue weighted by molar-refractivity contribution is 5.91. The van der Waals surface area contributed by atoms with Gasteiger partial charge in [-0.3, -0.25) is 4.79 Å². The van der Waals surface area contributed by atoms with Crippen molar-refractivity contribution in [2.75, 3.05) is 28.6 Å². The third-order valence-corrected chi connectivity index (χ3v) is 4.29. The first-order valence-corrected chi connectivity index (χ1v) is 9.27. The number of aryl methyl sites for hydroxylation is 1. The van der Waals surface area contributed by atoms with Gasteiger partial charge in [0.1, 0.15) is 17.5 Å². The third kappa shape index (κ3) is 4.94. The van der Waals surface area contributed by atoms with Crippen LogP contribution in [0.2, 0.25) is 0 Å². The van der Waals surface area contributed by atoms with Crippen LogP contribution in [-0.4, -0.2) is 29.0 Å². The summed E-state index contributed by atoms with van der Waals surface area (Å²) in [5.74, 6) is 2.92. The van der Waals surface area contributed by atoms with E-state index in [1.807, 2.05) is 51.1 Å². The Morgan fingerprint density at radius 3 is 2.42 bits per heavy atom. The lowest BCUT2D eigenvalue weighted by atomic mass is 10.1. The molecule has 0 radical (unpaired) electrons. The fourth-order valence-corrected chi connectivity index (χ4v) is 3.09. The first kappa shape index (κ1) is 18.2. The molecule has 3 rings (SSSR count). The van der Waals surface area contributed by atoms with Gasteiger partial charge in [0, 0.05) is 37.0 Å². The second-order valence-electron chi connectivity index (χ2n) is 7.20. The van der Waals surface area contributed by atoms with E-state index < -0.39 is 0 Å². The van der Waals surface area contributed by atoms with E-state index in [0.717, 1.165) is 41.9 Å². The lowest BCUT2D eigenvalue weighted by Crippen LogP contribution is -2.19. The molecule has 0 bridgehead atoms. The number of nitrogens with zero attached hydrogens (tertiary/aromatic N) is 3. The van der Waals surface area contributed by atoms with Gasteiger partial charge in [0.2, 0.25) is 5.91 Å². The summed E-state index contributed by atoms with van der Waals surface area (Å²) in [5, 5.41) is 6.25. The summed E-state index contributed by atoms with van der Waals surface area (Å²) in [6, 6.07) is 9.68. The van der Waals surface area contributed by atoms with Crippen LogP contribution in [0.5, 0.6) is 0 Å². The minimum atomic E-state index is 0.0439. The molecule has 6 nitrogen and oxygen atoms in total. The van der Waals surface area contributed by atoms with Gasteiger partial charge in [0.25, 0.3) is 0 Å². The van der Waals surface area contributed by atoms with Gasteiger partial charge in [-0.2, -0.15) is 0 Å². The molecule has 1 saturated heterocycles. The van der Waals surface area contributed by atoms with E-state index in [1.165, 1.54) is 12.8 Å². The van der Waals surface area contributed by atoms with Gasteiger partial charge in [-0.05, 0) is 49.9 Å². The van der Waals surface area contributed by atoms with E-state index in [1.54, 1.807) is 0 Å². The van der Waals surface area contributed by atoms with E-state index in [9.17, 15) is 4.79 Å². The molecule has 2 heterocycles. The molecule has 1 aromatic carbocycles. The fourth-order valence-electron chi connectivity index (χ4n) is 3.09. The molecule has 0 unspecified atom stereocenters. The Hall–Kier alpha value is -2.63. The highest BCUT2D eigenvalue weighted by Crippen LogP contribution is 2.23. The Labute approximate surface area is 155 Å². The van der Waals surface area contributed by atoms with Crippen LogP contribution in [0.1, 0.15) is 38.9 Å². The summed E-state index contributed by atoms with van der Waals surface area (Å²) in [6.45, 7) is 8.10. The summed E-state index contributed by atoms with van der Waals surface area (Å²) < 4.78 is 0. The van der Waals surface area contributed by atoms with Crippen LogP contribution in [0.25, 0.3) is 0 Å². The zero-order chi connectivity index (χ0) is 18.5. The van der Waals surface area contributed by atoms with Crippen LogP contribution in [0.15, 0.2) is 30.3 Å². The topological polar surface area (TPSA) is 70.2 Å². The zero-order valence-electron chi connectivity index (χ0n) is 15.7. The van der Waals surface area contributed by atoms with Crippen LogP contribution in [0, 0.1) is 12.8 Å². The van der Waals surface area contributed by atoms with Gasteiger partial charge >= 0.3 is 0 Å². The van der Waals surface area contributed by atoms with Gasteiger partial charge in [0.15, 0.2) is 0 Å². The summed E-state index contributed by atoms with van der Waals surface area (Å²) >= 11 is 0. The number of rotatable bonds is 6. The number of carbonyl (C=O) groups is 1. The maximum absolute atomic E-state index is 11.9. The van der Waals surface area contributed by atoms with Crippen molar-refractivity contribution in [2.24, 2.45) is 5.92 Å². The molecule has 1 aliphatic rings. The van der Waals surface area contributed by atoms with Crippen LogP contribution in [0.3, 0.4) is 0 Å². The number of amides is 1. The SMILES string of the molecule is Cc1nc(Nc2ccc(NC(=O)CC(C)C)cc2)cc(N2CCCC2)n1. The predicted octanol–water partition coefficient (Wildman–Crippen LogP) is 4.11. The molecular weight excluding hydrogens is 326 g/mol. The molecule has 1 aliphatic heterocycles. The van der Waals surface area contributed by atoms with Crippen molar-refractivity contribution in [1.82, 2.24) is 9.97 Å². The smallest absolute Gasteiger partial charge is 0.224 e. The van der Waals surface area contributed by atoms with E-state index in [-0.39, 0.29) is 5.91 Å². The van der Waals surface area contributed by atoms with Crippen molar-refractivity contribution in [1.29, 1.82) is 0 Å². The Balaban J connectivity index is 1.66. The van der Waals surface area contributed by atoms with E-state index in [2.05, 4.69) is 25.5 Å². The molecular formula is C20H27N5O. The maximum atomic E-state index is 11.9. The number of anilines is 4. The third-order valence-electron chi connectivity index (χ3n) is 4.29. The average molecular weight is 353 g/mol. The maximum Gasteiger partial charge on any atom is 0.224 e. The molecule has 2 aromatic rings. The summed E-state index contributed by atoms with van der Waals surface area (Å²) in [4.78, 5) is 23.2. The standard InChI is InChI=1S/C20H27N5O/c1-14(2)12-20(26)24-17-8-6-16(7-9-17)23-18-13-19(22-15(3)21-18)25-10-4-5-11-25/h6-9,13-14H,4-5,10-12H2,1-3H3,(H,24,26)(H,21,22,23). The van der Waals surface area contributed by atoms with E-state index in [0.29, 0.717) is 12.3 Å². The van der Waals surface area contributed by atoms with Crippen LogP contribution < -0.4 is 15.5 Å². The monoisotopic (exact) mass is 353 g/mol. The number of benzene rings is 1. The van der Waals surface area contributed by atoms with Gasteiger partial charge in [0.05, 0.1) is 0 Å². The normalized spacial score (nSPS) is 13.9. The molecule has 26 heavy (non-hydrogen) atoms. The first-order valence-electron chi connectivity index (χ1n) is 9.27. The highest BCUT2D eigenvalue weighted by Gasteiger charge is 2.15. The predicted molar refractivity (Wildman–Crippen MR) is 106 cm³/mol. The van der Waals surface area contributed by atoms with Crippen molar-refractivity contribution >= 4 is 28.9 Å². The minimum absolute atomic E-state index is 0.0439. The van der Waals surface area contributed by atoms with Crippen molar-refractivity contribution in [2.45, 2.75) is 40.0 Å². The largest absolute Gasteiger partial charge is 0.356 e. The molecule has 138 valence electrons. The summed E-state index contributed by atoms with van der Waals surface area (Å²) in [5.41, 5.74) is 1.73. The second-order valence-corrected chi connectivity index (χ2v) is 7.20. The molecule has 0 aliphatic carbocycles. The van der Waals surface area contributed by atoms with Crippen LogP contribution in [-0.2, 0) is 4.79 Å². The molecule has 1 fully saturated rings. The number of nitrogens with one attached hydrogen (secondary N) is 2. The molecule has 2 N–H and O–H groups in total. The number of carbonyl (C=O) groups excluding carboxylic acids is 1. The second kappa shape index (κ2) is 8.17.